The van der Waals surface area contributed by atoms with E-state index in [4.69, 9.17) is 15.1 Å². The summed E-state index contributed by atoms with van der Waals surface area (Å²) < 4.78 is 5.26. The topological polar surface area (TPSA) is 103 Å². The second-order valence-corrected chi connectivity index (χ2v) is 7.20. The monoisotopic (exact) mass is 409 g/mol. The highest BCUT2D eigenvalue weighted by Gasteiger charge is 2.19. The Morgan fingerprint density at radius 2 is 2.00 bits per heavy atom. The average Bonchev–Trinajstić information content (AvgIpc) is 3.18. The molecule has 30 heavy (non-hydrogen) atoms. The van der Waals surface area contributed by atoms with Crippen LogP contribution in [0.5, 0.6) is 0 Å². The number of benzene rings is 1. The molecule has 7 nitrogen and oxygen atoms in total. The molecule has 1 fully saturated rings. The molecule has 3 rings (SSSR count). The molecule has 1 aliphatic heterocycles. The van der Waals surface area contributed by atoms with Gasteiger partial charge in [-0.05, 0) is 51.2 Å². The third-order valence-corrected chi connectivity index (χ3v) is 4.80. The number of nitriles is 1. The van der Waals surface area contributed by atoms with E-state index in [1.165, 1.54) is 5.56 Å². The van der Waals surface area contributed by atoms with E-state index in [2.05, 4.69) is 38.5 Å². The molecule has 1 aromatic heterocycles. The van der Waals surface area contributed by atoms with Crippen LogP contribution in [0, 0.1) is 18.3 Å². The van der Waals surface area contributed by atoms with E-state index in [1.54, 1.807) is 12.5 Å². The van der Waals surface area contributed by atoms with Crippen LogP contribution in [0.1, 0.15) is 43.5 Å². The molecule has 7 heteroatoms. The Balaban J connectivity index is 0.000000335. The van der Waals surface area contributed by atoms with Gasteiger partial charge in [0.25, 0.3) is 0 Å². The predicted octanol–water partition coefficient (Wildman–Crippen LogP) is 3.77. The fourth-order valence-electron chi connectivity index (χ4n) is 3.14. The van der Waals surface area contributed by atoms with E-state index in [0.29, 0.717) is 12.5 Å². The number of aliphatic hydroxyl groups excluding tert-OH is 1. The summed E-state index contributed by atoms with van der Waals surface area (Å²) in [5.74, 6) is 0.756. The average molecular weight is 410 g/mol. The molecular weight excluding hydrogens is 378 g/mol. The highest BCUT2D eigenvalue weighted by molar-refractivity contribution is 5.70. The lowest BCUT2D eigenvalue weighted by Crippen LogP contribution is -2.11. The van der Waals surface area contributed by atoms with Crippen LogP contribution in [0.25, 0.3) is 0 Å². The molecule has 0 saturated carbocycles. The van der Waals surface area contributed by atoms with Gasteiger partial charge in [0, 0.05) is 12.8 Å². The minimum absolute atomic E-state index is 0.130. The zero-order chi connectivity index (χ0) is 21.8. The van der Waals surface area contributed by atoms with Gasteiger partial charge in [-0.1, -0.05) is 24.3 Å². The Kier molecular flexibility index (Phi) is 9.92. The number of aryl methyl sites for hydroxylation is 1. The number of nitrogens with zero attached hydrogens (tertiary/aromatic N) is 4. The van der Waals surface area contributed by atoms with Crippen LogP contribution in [0.15, 0.2) is 35.6 Å². The fourth-order valence-corrected chi connectivity index (χ4v) is 3.14. The van der Waals surface area contributed by atoms with Crippen LogP contribution >= 0.6 is 0 Å². The molecule has 1 aliphatic rings. The van der Waals surface area contributed by atoms with Gasteiger partial charge in [-0.25, -0.2) is 9.97 Å². The maximum absolute atomic E-state index is 8.67. The number of nitrogens with one attached hydrogen (secondary N) is 1. The summed E-state index contributed by atoms with van der Waals surface area (Å²) in [5.41, 5.74) is 3.91. The summed E-state index contributed by atoms with van der Waals surface area (Å²) in [6.45, 7) is 6.78. The highest BCUT2D eigenvalue weighted by Crippen LogP contribution is 2.24. The standard InChI is InChI=1S/C17H19N5.C6H12O2/c1-3-19-16-13(2)21-12-22-17(16)20-11-9-15-6-4-14(5-7-15)8-10-18;1-5-2-3-6(4-7)8-5/h3-7,12H,8-9,11H2,1-2H3,(H,20,21,22);5-7H,2-4H2,1H3. The van der Waals surface area contributed by atoms with E-state index >= 15 is 0 Å². The van der Waals surface area contributed by atoms with Gasteiger partial charge in [-0.15, -0.1) is 0 Å². The van der Waals surface area contributed by atoms with Crippen molar-refractivity contribution in [3.05, 3.63) is 47.4 Å². The second kappa shape index (κ2) is 12.7. The number of aliphatic imine (C=N–C) groups is 1. The van der Waals surface area contributed by atoms with Crippen molar-refractivity contribution in [1.29, 1.82) is 5.26 Å². The number of hydrogen-bond donors (Lipinski definition) is 2. The molecular formula is C23H31N5O2. The molecule has 1 aromatic carbocycles. The number of anilines is 1. The Labute approximate surface area is 178 Å². The number of rotatable bonds is 7. The van der Waals surface area contributed by atoms with Gasteiger partial charge in [-0.3, -0.25) is 4.99 Å². The van der Waals surface area contributed by atoms with Gasteiger partial charge < -0.3 is 15.2 Å². The normalized spacial score (nSPS) is 18.0. The van der Waals surface area contributed by atoms with Gasteiger partial charge in [0.15, 0.2) is 5.82 Å². The highest BCUT2D eigenvalue weighted by atomic mass is 16.5. The minimum atomic E-state index is 0.130. The maximum Gasteiger partial charge on any atom is 0.155 e. The van der Waals surface area contributed by atoms with Crippen LogP contribution in [0.4, 0.5) is 11.5 Å². The van der Waals surface area contributed by atoms with Crippen molar-refractivity contribution in [3.8, 4) is 6.07 Å². The lowest BCUT2D eigenvalue weighted by atomic mass is 10.1. The molecule has 0 aliphatic carbocycles. The SMILES string of the molecule is CC1CCC(CO)O1.CC=Nc1c(C)ncnc1NCCc1ccc(CC#N)cc1. The molecule has 2 atom stereocenters. The van der Waals surface area contributed by atoms with Gasteiger partial charge >= 0.3 is 0 Å². The van der Waals surface area contributed by atoms with E-state index in [-0.39, 0.29) is 12.7 Å². The molecule has 0 bridgehead atoms. The Morgan fingerprint density at radius 1 is 1.27 bits per heavy atom. The van der Waals surface area contributed by atoms with Crippen LogP contribution in [-0.2, 0) is 17.6 Å². The van der Waals surface area contributed by atoms with Crippen LogP contribution in [-0.4, -0.2) is 46.6 Å². The largest absolute Gasteiger partial charge is 0.394 e. The number of aromatic nitrogens is 2. The molecule has 0 spiro atoms. The van der Waals surface area contributed by atoms with Crippen LogP contribution in [0.2, 0.25) is 0 Å². The first-order chi connectivity index (χ1) is 14.6. The minimum Gasteiger partial charge on any atom is -0.394 e. The number of ether oxygens (including phenoxy) is 1. The molecule has 2 aromatic rings. The zero-order valence-electron chi connectivity index (χ0n) is 18.0. The first-order valence-corrected chi connectivity index (χ1v) is 10.3. The molecule has 160 valence electrons. The quantitative estimate of drug-likeness (QED) is 0.675. The van der Waals surface area contributed by atoms with E-state index in [0.717, 1.165) is 48.6 Å². The van der Waals surface area contributed by atoms with Crippen molar-refractivity contribution >= 4 is 17.7 Å². The predicted molar refractivity (Wildman–Crippen MR) is 119 cm³/mol. The summed E-state index contributed by atoms with van der Waals surface area (Å²) in [6, 6.07) is 10.3. The Bertz CT molecular complexity index is 846. The fraction of sp³-hybridized carbons (Fsp3) is 0.478. The summed E-state index contributed by atoms with van der Waals surface area (Å²) in [6.07, 6.45) is 7.25. The van der Waals surface area contributed by atoms with Gasteiger partial charge in [0.05, 0.1) is 37.0 Å². The van der Waals surface area contributed by atoms with Crippen LogP contribution in [0.3, 0.4) is 0 Å². The number of hydrogen-bond acceptors (Lipinski definition) is 7. The molecule has 1 saturated heterocycles. The van der Waals surface area contributed by atoms with Gasteiger partial charge in [0.1, 0.15) is 12.0 Å². The van der Waals surface area contributed by atoms with Crippen LogP contribution < -0.4 is 5.32 Å². The van der Waals surface area contributed by atoms with E-state index in [1.807, 2.05) is 32.9 Å². The van der Waals surface area contributed by atoms with Crippen molar-refractivity contribution < 1.29 is 9.84 Å². The van der Waals surface area contributed by atoms with Gasteiger partial charge in [0.2, 0.25) is 0 Å². The summed E-state index contributed by atoms with van der Waals surface area (Å²) in [7, 11) is 0. The maximum atomic E-state index is 8.67. The van der Waals surface area contributed by atoms with Gasteiger partial charge in [-0.2, -0.15) is 5.26 Å². The van der Waals surface area contributed by atoms with E-state index in [9.17, 15) is 0 Å². The number of aliphatic hydroxyl groups is 1. The smallest absolute Gasteiger partial charge is 0.155 e. The van der Waals surface area contributed by atoms with E-state index < -0.39 is 0 Å². The first kappa shape index (κ1) is 23.5. The summed E-state index contributed by atoms with van der Waals surface area (Å²) in [5, 5.41) is 20.5. The van der Waals surface area contributed by atoms with Crippen molar-refractivity contribution in [1.82, 2.24) is 9.97 Å². The Hall–Kier alpha value is -2.82. The van der Waals surface area contributed by atoms with Crippen molar-refractivity contribution in [2.24, 2.45) is 4.99 Å². The van der Waals surface area contributed by atoms with Crippen molar-refractivity contribution in [3.63, 3.8) is 0 Å². The summed E-state index contributed by atoms with van der Waals surface area (Å²) >= 11 is 0. The molecule has 0 radical (unpaired) electrons. The molecule has 0 amide bonds. The first-order valence-electron chi connectivity index (χ1n) is 10.3. The zero-order valence-corrected chi connectivity index (χ0v) is 18.0. The molecule has 2 N–H and O–H groups in total. The van der Waals surface area contributed by atoms with Crippen molar-refractivity contribution in [2.45, 2.75) is 58.7 Å². The molecule has 2 unspecified atom stereocenters. The second-order valence-electron chi connectivity index (χ2n) is 7.20. The lowest BCUT2D eigenvalue weighted by Gasteiger charge is -2.09. The molecule has 2 heterocycles. The Morgan fingerprint density at radius 3 is 2.57 bits per heavy atom. The lowest BCUT2D eigenvalue weighted by molar-refractivity contribution is 0.0198. The third-order valence-electron chi connectivity index (χ3n) is 4.80. The summed E-state index contributed by atoms with van der Waals surface area (Å²) in [4.78, 5) is 12.7. The van der Waals surface area contributed by atoms with Crippen molar-refractivity contribution in [2.75, 3.05) is 18.5 Å². The third kappa shape index (κ3) is 7.54.